The third-order valence-electron chi connectivity index (χ3n) is 4.50. The lowest BCUT2D eigenvalue weighted by molar-refractivity contribution is 0.375. The summed E-state index contributed by atoms with van der Waals surface area (Å²) in [5.41, 5.74) is 9.62. The third-order valence-corrected chi connectivity index (χ3v) is 5.00. The van der Waals surface area contributed by atoms with Crippen LogP contribution in [0.2, 0.25) is 0 Å². The maximum absolute atomic E-state index is 9.80. The molecule has 0 radical (unpaired) electrons. The summed E-state index contributed by atoms with van der Waals surface area (Å²) in [6.45, 7) is 0. The van der Waals surface area contributed by atoms with Gasteiger partial charge in [-0.2, -0.15) is 5.26 Å². The van der Waals surface area contributed by atoms with Crippen molar-refractivity contribution in [1.82, 2.24) is 10.2 Å². The average molecular weight is 423 g/mol. The fourth-order valence-corrected chi connectivity index (χ4v) is 3.69. The van der Waals surface area contributed by atoms with E-state index in [1.54, 1.807) is 7.11 Å². The molecule has 1 unspecified atom stereocenters. The van der Waals surface area contributed by atoms with Crippen molar-refractivity contribution >= 4 is 15.9 Å². The van der Waals surface area contributed by atoms with Crippen LogP contribution in [0.15, 0.2) is 64.5 Å². The van der Waals surface area contributed by atoms with Gasteiger partial charge in [-0.3, -0.25) is 5.10 Å². The molecule has 0 aliphatic carbocycles. The molecule has 3 aromatic rings. The summed E-state index contributed by atoms with van der Waals surface area (Å²) in [7, 11) is 1.60. The molecule has 0 saturated carbocycles. The minimum absolute atomic E-state index is 0.0446. The number of rotatable bonds is 3. The van der Waals surface area contributed by atoms with Gasteiger partial charge in [0, 0.05) is 10.0 Å². The Hall–Kier alpha value is -3.24. The maximum Gasteiger partial charge on any atom is 0.244 e. The second kappa shape index (κ2) is 6.82. The van der Waals surface area contributed by atoms with Crippen molar-refractivity contribution in [3.63, 3.8) is 0 Å². The molecule has 4 rings (SSSR count). The highest BCUT2D eigenvalue weighted by Crippen LogP contribution is 2.48. The van der Waals surface area contributed by atoms with E-state index in [2.05, 4.69) is 32.2 Å². The molecule has 2 aromatic carbocycles. The number of H-pyrrole nitrogens is 1. The average Bonchev–Trinajstić information content (AvgIpc) is 3.10. The molecule has 134 valence electrons. The summed E-state index contributed by atoms with van der Waals surface area (Å²) in [6, 6.07) is 17.6. The zero-order chi connectivity index (χ0) is 19.0. The standard InChI is InChI=1S/C20H15BrN4O2/c1-26-15-8-7-12(21)9-13(15)16-14(10-22)19(23)27-20-17(16)18(24-25-20)11-5-3-2-4-6-11/h2-9,16H,23H2,1H3,(H,24,25). The molecule has 7 heteroatoms. The summed E-state index contributed by atoms with van der Waals surface area (Å²) >= 11 is 3.50. The molecule has 3 N–H and O–H groups in total. The zero-order valence-corrected chi connectivity index (χ0v) is 15.9. The molecule has 0 saturated heterocycles. The number of hydrogen-bond acceptors (Lipinski definition) is 5. The van der Waals surface area contributed by atoms with Crippen LogP contribution in [0.4, 0.5) is 0 Å². The van der Waals surface area contributed by atoms with E-state index in [0.717, 1.165) is 26.9 Å². The Labute approximate surface area is 164 Å². The Morgan fingerprint density at radius 2 is 2.04 bits per heavy atom. The van der Waals surface area contributed by atoms with Gasteiger partial charge in [0.25, 0.3) is 0 Å². The Morgan fingerprint density at radius 3 is 2.74 bits per heavy atom. The molecule has 0 fully saturated rings. The van der Waals surface area contributed by atoms with Gasteiger partial charge in [-0.25, -0.2) is 0 Å². The second-order valence-electron chi connectivity index (χ2n) is 5.99. The highest BCUT2D eigenvalue weighted by atomic mass is 79.9. The fourth-order valence-electron chi connectivity index (χ4n) is 3.31. The smallest absolute Gasteiger partial charge is 0.244 e. The van der Waals surface area contributed by atoms with Gasteiger partial charge in [0.05, 0.1) is 24.3 Å². The van der Waals surface area contributed by atoms with Crippen LogP contribution in [0.5, 0.6) is 11.6 Å². The number of benzene rings is 2. The van der Waals surface area contributed by atoms with Gasteiger partial charge in [-0.1, -0.05) is 46.3 Å². The van der Waals surface area contributed by atoms with Crippen molar-refractivity contribution in [3.8, 4) is 29.0 Å². The molecule has 0 bridgehead atoms. The van der Waals surface area contributed by atoms with Crippen molar-refractivity contribution in [1.29, 1.82) is 5.26 Å². The van der Waals surface area contributed by atoms with Gasteiger partial charge in [0.1, 0.15) is 17.4 Å². The van der Waals surface area contributed by atoms with Crippen LogP contribution >= 0.6 is 15.9 Å². The number of fused-ring (bicyclic) bond motifs is 1. The van der Waals surface area contributed by atoms with Crippen LogP contribution in [0.3, 0.4) is 0 Å². The first-order valence-electron chi connectivity index (χ1n) is 8.18. The molecule has 1 atom stereocenters. The molecule has 0 amide bonds. The Bertz CT molecular complexity index is 1080. The second-order valence-corrected chi connectivity index (χ2v) is 6.91. The van der Waals surface area contributed by atoms with E-state index < -0.39 is 5.92 Å². The zero-order valence-electron chi connectivity index (χ0n) is 14.4. The number of nitrogens with two attached hydrogens (primary N) is 1. The van der Waals surface area contributed by atoms with Gasteiger partial charge in [0.2, 0.25) is 11.8 Å². The summed E-state index contributed by atoms with van der Waals surface area (Å²) in [5, 5.41) is 17.1. The number of ether oxygens (including phenoxy) is 2. The first kappa shape index (κ1) is 17.2. The van der Waals surface area contributed by atoms with Gasteiger partial charge in [-0.05, 0) is 23.8 Å². The number of allylic oxidation sites excluding steroid dienone is 1. The SMILES string of the molecule is COc1ccc(Br)cc1C1C(C#N)=C(N)Oc2n[nH]c(-c3ccccc3)c21. The van der Waals surface area contributed by atoms with E-state index in [4.69, 9.17) is 15.2 Å². The summed E-state index contributed by atoms with van der Waals surface area (Å²) < 4.78 is 12.1. The van der Waals surface area contributed by atoms with Crippen molar-refractivity contribution < 1.29 is 9.47 Å². The number of nitrogens with zero attached hydrogens (tertiary/aromatic N) is 2. The summed E-state index contributed by atoms with van der Waals surface area (Å²) in [6.07, 6.45) is 0. The summed E-state index contributed by atoms with van der Waals surface area (Å²) in [4.78, 5) is 0. The predicted octanol–water partition coefficient (Wildman–Crippen LogP) is 4.07. The van der Waals surface area contributed by atoms with Crippen molar-refractivity contribution in [3.05, 3.63) is 75.6 Å². The van der Waals surface area contributed by atoms with Crippen LogP contribution in [0.1, 0.15) is 17.0 Å². The molecule has 1 aromatic heterocycles. The quantitative estimate of drug-likeness (QED) is 0.662. The maximum atomic E-state index is 9.80. The van der Waals surface area contributed by atoms with Gasteiger partial charge >= 0.3 is 0 Å². The van der Waals surface area contributed by atoms with Crippen LogP contribution < -0.4 is 15.2 Å². The molecule has 2 heterocycles. The number of hydrogen-bond donors (Lipinski definition) is 2. The van der Waals surface area contributed by atoms with Crippen LogP contribution in [0.25, 0.3) is 11.3 Å². The largest absolute Gasteiger partial charge is 0.496 e. The van der Waals surface area contributed by atoms with Crippen LogP contribution in [-0.4, -0.2) is 17.3 Å². The number of aromatic amines is 1. The highest BCUT2D eigenvalue weighted by molar-refractivity contribution is 9.10. The third kappa shape index (κ3) is 2.84. The van der Waals surface area contributed by atoms with E-state index in [1.165, 1.54) is 0 Å². The molecule has 0 spiro atoms. The molecule has 1 aliphatic heterocycles. The van der Waals surface area contributed by atoms with Crippen molar-refractivity contribution in [2.45, 2.75) is 5.92 Å². The lowest BCUT2D eigenvalue weighted by atomic mass is 9.82. The first-order valence-corrected chi connectivity index (χ1v) is 8.98. The number of nitriles is 1. The van der Waals surface area contributed by atoms with E-state index in [-0.39, 0.29) is 5.88 Å². The number of halogens is 1. The molecular formula is C20H15BrN4O2. The minimum atomic E-state index is -0.472. The monoisotopic (exact) mass is 422 g/mol. The highest BCUT2D eigenvalue weighted by Gasteiger charge is 2.37. The molecular weight excluding hydrogens is 408 g/mol. The lowest BCUT2D eigenvalue weighted by Crippen LogP contribution is -2.21. The molecule has 27 heavy (non-hydrogen) atoms. The number of methoxy groups -OCH3 is 1. The van der Waals surface area contributed by atoms with E-state index in [0.29, 0.717) is 17.2 Å². The van der Waals surface area contributed by atoms with Gasteiger partial charge in [-0.15, -0.1) is 5.10 Å². The summed E-state index contributed by atoms with van der Waals surface area (Å²) in [5.74, 6) is 0.581. The fraction of sp³-hybridized carbons (Fsp3) is 0.100. The Kier molecular flexibility index (Phi) is 4.34. The van der Waals surface area contributed by atoms with Crippen LogP contribution in [-0.2, 0) is 0 Å². The normalized spacial score (nSPS) is 15.7. The number of nitrogens with one attached hydrogen (secondary N) is 1. The van der Waals surface area contributed by atoms with Crippen molar-refractivity contribution in [2.24, 2.45) is 5.73 Å². The topological polar surface area (TPSA) is 96.9 Å². The van der Waals surface area contributed by atoms with Gasteiger partial charge < -0.3 is 15.2 Å². The molecule has 1 aliphatic rings. The Morgan fingerprint density at radius 1 is 1.26 bits per heavy atom. The first-order chi connectivity index (χ1) is 13.1. The van der Waals surface area contributed by atoms with E-state index in [1.807, 2.05) is 48.5 Å². The van der Waals surface area contributed by atoms with Gasteiger partial charge in [0.15, 0.2) is 0 Å². The Balaban J connectivity index is 2.01. The van der Waals surface area contributed by atoms with E-state index >= 15 is 0 Å². The van der Waals surface area contributed by atoms with Crippen molar-refractivity contribution in [2.75, 3.05) is 7.11 Å². The number of aromatic nitrogens is 2. The predicted molar refractivity (Wildman–Crippen MR) is 104 cm³/mol. The van der Waals surface area contributed by atoms with E-state index in [9.17, 15) is 5.26 Å². The molecule has 6 nitrogen and oxygen atoms in total. The lowest BCUT2D eigenvalue weighted by Gasteiger charge is -2.25. The minimum Gasteiger partial charge on any atom is -0.496 e. The van der Waals surface area contributed by atoms with Crippen LogP contribution in [0, 0.1) is 11.3 Å².